The second kappa shape index (κ2) is 7.34. The summed E-state index contributed by atoms with van der Waals surface area (Å²) < 4.78 is 26.3. The molecule has 1 aromatic rings. The molecule has 2 fully saturated rings. The molecule has 0 aromatic heterocycles. The van der Waals surface area contributed by atoms with Crippen molar-refractivity contribution in [3.8, 4) is 0 Å². The van der Waals surface area contributed by atoms with Gasteiger partial charge in [0.05, 0.1) is 6.10 Å². The number of anilines is 1. The van der Waals surface area contributed by atoms with E-state index in [1.807, 2.05) is 4.90 Å². The predicted octanol–water partition coefficient (Wildman–Crippen LogP) is 1.96. The Labute approximate surface area is 140 Å². The zero-order valence-corrected chi connectivity index (χ0v) is 13.5. The van der Waals surface area contributed by atoms with Crippen LogP contribution in [0.5, 0.6) is 0 Å². The Morgan fingerprint density at radius 3 is 2.79 bits per heavy atom. The van der Waals surface area contributed by atoms with E-state index in [9.17, 15) is 18.7 Å². The van der Waals surface area contributed by atoms with Gasteiger partial charge in [-0.25, -0.2) is 13.6 Å². The SMILES string of the molecule is O=C(NCC1CCN(c2ccc(F)c(F)c2)C1)N1CCCC(O)C1. The highest BCUT2D eigenvalue weighted by Crippen LogP contribution is 2.25. The summed E-state index contributed by atoms with van der Waals surface area (Å²) in [6.07, 6.45) is 2.03. The van der Waals surface area contributed by atoms with Crippen LogP contribution in [0.15, 0.2) is 18.2 Å². The van der Waals surface area contributed by atoms with Gasteiger partial charge in [0.15, 0.2) is 11.6 Å². The molecular weight excluding hydrogens is 316 g/mol. The average Bonchev–Trinajstić information content (AvgIpc) is 3.04. The van der Waals surface area contributed by atoms with Crippen LogP contribution in [0.1, 0.15) is 19.3 Å². The third kappa shape index (κ3) is 3.95. The maximum Gasteiger partial charge on any atom is 0.317 e. The number of aliphatic hydroxyl groups excluding tert-OH is 1. The first-order chi connectivity index (χ1) is 11.5. The van der Waals surface area contributed by atoms with Crippen LogP contribution in [0.4, 0.5) is 19.3 Å². The largest absolute Gasteiger partial charge is 0.391 e. The normalized spacial score (nSPS) is 24.3. The van der Waals surface area contributed by atoms with Crippen LogP contribution in [0.2, 0.25) is 0 Å². The lowest BCUT2D eigenvalue weighted by atomic mass is 10.1. The lowest BCUT2D eigenvalue weighted by Crippen LogP contribution is -2.48. The molecule has 2 amide bonds. The summed E-state index contributed by atoms with van der Waals surface area (Å²) in [5, 5.41) is 12.5. The number of likely N-dealkylation sites (tertiary alicyclic amines) is 1. The lowest BCUT2D eigenvalue weighted by molar-refractivity contribution is 0.0840. The summed E-state index contributed by atoms with van der Waals surface area (Å²) in [5.41, 5.74) is 0.668. The van der Waals surface area contributed by atoms with Crippen molar-refractivity contribution in [3.05, 3.63) is 29.8 Å². The molecule has 2 saturated heterocycles. The number of carbonyl (C=O) groups excluding carboxylic acids is 1. The molecule has 0 spiro atoms. The minimum Gasteiger partial charge on any atom is -0.391 e. The van der Waals surface area contributed by atoms with Gasteiger partial charge < -0.3 is 20.2 Å². The Balaban J connectivity index is 1.47. The number of halogens is 2. The molecule has 2 heterocycles. The molecule has 0 saturated carbocycles. The van der Waals surface area contributed by atoms with Crippen LogP contribution >= 0.6 is 0 Å². The Morgan fingerprint density at radius 2 is 2.04 bits per heavy atom. The monoisotopic (exact) mass is 339 g/mol. The molecule has 2 unspecified atom stereocenters. The fourth-order valence-electron chi connectivity index (χ4n) is 3.40. The van der Waals surface area contributed by atoms with Crippen molar-refractivity contribution < 1.29 is 18.7 Å². The van der Waals surface area contributed by atoms with Crippen LogP contribution in [0.3, 0.4) is 0 Å². The maximum atomic E-state index is 13.3. The minimum atomic E-state index is -0.842. The van der Waals surface area contributed by atoms with Crippen LogP contribution in [0.25, 0.3) is 0 Å². The number of benzene rings is 1. The summed E-state index contributed by atoms with van der Waals surface area (Å²) in [6, 6.07) is 3.79. The van der Waals surface area contributed by atoms with Gasteiger partial charge in [-0.1, -0.05) is 0 Å². The molecule has 7 heteroatoms. The van der Waals surface area contributed by atoms with Crippen LogP contribution in [-0.4, -0.2) is 54.9 Å². The van der Waals surface area contributed by atoms with Gasteiger partial charge in [-0.2, -0.15) is 0 Å². The van der Waals surface area contributed by atoms with Gasteiger partial charge >= 0.3 is 6.03 Å². The van der Waals surface area contributed by atoms with Gasteiger partial charge in [0, 0.05) is 44.5 Å². The number of β-amino-alcohol motifs (C(OH)–C–C–N with tert-alkyl or cyclic N) is 1. The molecule has 0 bridgehead atoms. The number of aliphatic hydroxyl groups is 1. The second-order valence-corrected chi connectivity index (χ2v) is 6.63. The smallest absolute Gasteiger partial charge is 0.317 e. The first kappa shape index (κ1) is 17.0. The van der Waals surface area contributed by atoms with Gasteiger partial charge in [0.25, 0.3) is 0 Å². The van der Waals surface area contributed by atoms with Crippen molar-refractivity contribution in [2.24, 2.45) is 5.92 Å². The van der Waals surface area contributed by atoms with Crippen molar-refractivity contribution in [3.63, 3.8) is 0 Å². The number of nitrogens with one attached hydrogen (secondary N) is 1. The van der Waals surface area contributed by atoms with Gasteiger partial charge in [0.2, 0.25) is 0 Å². The summed E-state index contributed by atoms with van der Waals surface area (Å²) in [7, 11) is 0. The van der Waals surface area contributed by atoms with Crippen molar-refractivity contribution in [2.45, 2.75) is 25.4 Å². The number of hydrogen-bond acceptors (Lipinski definition) is 3. The summed E-state index contributed by atoms with van der Waals surface area (Å²) in [6.45, 7) is 3.07. The Bertz CT molecular complexity index is 599. The van der Waals surface area contributed by atoms with Gasteiger partial charge in [-0.05, 0) is 37.3 Å². The van der Waals surface area contributed by atoms with E-state index in [1.165, 1.54) is 6.07 Å². The number of amides is 2. The predicted molar refractivity (Wildman–Crippen MR) is 86.9 cm³/mol. The number of hydrogen-bond donors (Lipinski definition) is 2. The zero-order valence-electron chi connectivity index (χ0n) is 13.5. The van der Waals surface area contributed by atoms with Crippen molar-refractivity contribution in [1.82, 2.24) is 10.2 Å². The quantitative estimate of drug-likeness (QED) is 0.885. The molecule has 2 aliphatic heterocycles. The highest BCUT2D eigenvalue weighted by Gasteiger charge is 2.26. The fraction of sp³-hybridized carbons (Fsp3) is 0.588. The molecule has 2 N–H and O–H groups in total. The van der Waals surface area contributed by atoms with Crippen LogP contribution in [-0.2, 0) is 0 Å². The highest BCUT2D eigenvalue weighted by atomic mass is 19.2. The van der Waals surface area contributed by atoms with Crippen molar-refractivity contribution in [1.29, 1.82) is 0 Å². The number of rotatable bonds is 3. The van der Waals surface area contributed by atoms with E-state index in [2.05, 4.69) is 5.32 Å². The summed E-state index contributed by atoms with van der Waals surface area (Å²) in [4.78, 5) is 15.8. The molecule has 2 atom stereocenters. The molecular formula is C17H23F2N3O2. The third-order valence-corrected chi connectivity index (χ3v) is 4.78. The Morgan fingerprint density at radius 1 is 1.21 bits per heavy atom. The molecule has 0 aliphatic carbocycles. The maximum absolute atomic E-state index is 13.3. The Kier molecular flexibility index (Phi) is 5.18. The second-order valence-electron chi connectivity index (χ2n) is 6.63. The number of nitrogens with zero attached hydrogens (tertiary/aromatic N) is 2. The number of carbonyl (C=O) groups is 1. The van der Waals surface area contributed by atoms with E-state index in [0.29, 0.717) is 31.9 Å². The number of urea groups is 1. The minimum absolute atomic E-state index is 0.139. The Hall–Kier alpha value is -1.89. The van der Waals surface area contributed by atoms with E-state index >= 15 is 0 Å². The van der Waals surface area contributed by atoms with Crippen molar-refractivity contribution in [2.75, 3.05) is 37.6 Å². The van der Waals surface area contributed by atoms with Gasteiger partial charge in [-0.15, -0.1) is 0 Å². The molecule has 3 rings (SSSR count). The van der Waals surface area contributed by atoms with Gasteiger partial charge in [0.1, 0.15) is 0 Å². The van der Waals surface area contributed by atoms with E-state index < -0.39 is 17.7 Å². The van der Waals surface area contributed by atoms with Crippen LogP contribution < -0.4 is 10.2 Å². The lowest BCUT2D eigenvalue weighted by Gasteiger charge is -2.30. The van der Waals surface area contributed by atoms with Crippen molar-refractivity contribution >= 4 is 11.7 Å². The molecule has 2 aliphatic rings. The highest BCUT2D eigenvalue weighted by molar-refractivity contribution is 5.74. The van der Waals surface area contributed by atoms with E-state index in [1.54, 1.807) is 11.0 Å². The number of piperidine rings is 1. The average molecular weight is 339 g/mol. The van der Waals surface area contributed by atoms with E-state index in [-0.39, 0.29) is 11.9 Å². The summed E-state index contributed by atoms with van der Waals surface area (Å²) in [5.74, 6) is -1.41. The molecule has 5 nitrogen and oxygen atoms in total. The first-order valence-electron chi connectivity index (χ1n) is 8.44. The topological polar surface area (TPSA) is 55.8 Å². The fourth-order valence-corrected chi connectivity index (χ4v) is 3.40. The van der Waals surface area contributed by atoms with Crippen LogP contribution in [0, 0.1) is 17.6 Å². The third-order valence-electron chi connectivity index (χ3n) is 4.78. The standard InChI is InChI=1S/C17H23F2N3O2/c18-15-4-3-13(8-16(15)19)21-7-5-12(10-21)9-20-17(24)22-6-1-2-14(23)11-22/h3-4,8,12,14,23H,1-2,5-7,9-11H2,(H,20,24). The molecule has 24 heavy (non-hydrogen) atoms. The molecule has 0 radical (unpaired) electrons. The van der Waals surface area contributed by atoms with Gasteiger partial charge in [-0.3, -0.25) is 0 Å². The summed E-state index contributed by atoms with van der Waals surface area (Å²) >= 11 is 0. The van der Waals surface area contributed by atoms with E-state index in [4.69, 9.17) is 0 Å². The van der Waals surface area contributed by atoms with E-state index in [0.717, 1.165) is 31.9 Å². The molecule has 1 aromatic carbocycles. The zero-order chi connectivity index (χ0) is 17.1. The first-order valence-corrected chi connectivity index (χ1v) is 8.44. The molecule has 132 valence electrons.